The van der Waals surface area contributed by atoms with Crippen LogP contribution >= 0.6 is 11.6 Å². The van der Waals surface area contributed by atoms with Crippen LogP contribution in [0.5, 0.6) is 0 Å². The van der Waals surface area contributed by atoms with Gasteiger partial charge in [0, 0.05) is 18.6 Å². The van der Waals surface area contributed by atoms with Gasteiger partial charge in [0.05, 0.1) is 0 Å². The third-order valence-corrected chi connectivity index (χ3v) is 2.39. The van der Waals surface area contributed by atoms with Crippen LogP contribution in [0.1, 0.15) is 11.1 Å². The molecule has 76 valence electrons. The minimum atomic E-state index is 0.887. The molecule has 0 atom stereocenters. The lowest BCUT2D eigenvalue weighted by atomic mass is 10.1. The number of halogens is 1. The first-order valence-corrected chi connectivity index (χ1v) is 5.16. The van der Waals surface area contributed by atoms with Crippen molar-refractivity contribution in [2.75, 3.05) is 13.6 Å². The average Bonchev–Trinajstić information content (AvgIpc) is 2.18. The molecule has 14 heavy (non-hydrogen) atoms. The number of rotatable bonds is 4. The standard InChI is InChI=1S/C12H16ClN/c1-11-6-3-4-7-12(11)10-14(2)9-5-8-13/h3-8H,9-10H2,1-2H3/b8-5+. The van der Waals surface area contributed by atoms with Gasteiger partial charge in [0.15, 0.2) is 0 Å². The van der Waals surface area contributed by atoms with Crippen LogP contribution in [0.15, 0.2) is 35.9 Å². The predicted molar refractivity (Wildman–Crippen MR) is 62.5 cm³/mol. The summed E-state index contributed by atoms with van der Waals surface area (Å²) in [6.07, 6.45) is 1.94. The molecule has 1 aromatic rings. The van der Waals surface area contributed by atoms with Crippen LogP contribution in [0.3, 0.4) is 0 Å². The van der Waals surface area contributed by atoms with Crippen molar-refractivity contribution in [1.29, 1.82) is 0 Å². The van der Waals surface area contributed by atoms with E-state index in [4.69, 9.17) is 11.6 Å². The molecule has 0 aromatic heterocycles. The van der Waals surface area contributed by atoms with E-state index in [2.05, 4.69) is 43.1 Å². The lowest BCUT2D eigenvalue weighted by molar-refractivity contribution is 0.363. The average molecular weight is 210 g/mol. The van der Waals surface area contributed by atoms with Crippen molar-refractivity contribution < 1.29 is 0 Å². The molecule has 0 spiro atoms. The van der Waals surface area contributed by atoms with Gasteiger partial charge in [0.1, 0.15) is 0 Å². The molecule has 0 unspecified atom stereocenters. The summed E-state index contributed by atoms with van der Waals surface area (Å²) in [6, 6.07) is 8.45. The predicted octanol–water partition coefficient (Wildman–Crippen LogP) is 3.18. The minimum absolute atomic E-state index is 0.887. The monoisotopic (exact) mass is 209 g/mol. The SMILES string of the molecule is Cc1ccccc1CN(C)C/C=C/Cl. The maximum atomic E-state index is 5.47. The third-order valence-electron chi connectivity index (χ3n) is 2.21. The summed E-state index contributed by atoms with van der Waals surface area (Å²) in [5.41, 5.74) is 4.28. The third kappa shape index (κ3) is 3.52. The molecule has 0 saturated carbocycles. The van der Waals surface area contributed by atoms with Gasteiger partial charge in [-0.25, -0.2) is 0 Å². The Labute approximate surface area is 91.0 Å². The summed E-state index contributed by atoms with van der Waals surface area (Å²) < 4.78 is 0. The van der Waals surface area contributed by atoms with Gasteiger partial charge in [0.2, 0.25) is 0 Å². The van der Waals surface area contributed by atoms with Crippen molar-refractivity contribution >= 4 is 11.6 Å². The Balaban J connectivity index is 2.55. The van der Waals surface area contributed by atoms with Gasteiger partial charge in [-0.05, 0) is 25.1 Å². The summed E-state index contributed by atoms with van der Waals surface area (Å²) in [5.74, 6) is 0. The van der Waals surface area contributed by atoms with Crippen LogP contribution in [0.4, 0.5) is 0 Å². The maximum Gasteiger partial charge on any atom is 0.0236 e. The zero-order chi connectivity index (χ0) is 10.4. The van der Waals surface area contributed by atoms with Gasteiger partial charge in [-0.2, -0.15) is 0 Å². The first-order valence-electron chi connectivity index (χ1n) is 4.72. The van der Waals surface area contributed by atoms with E-state index in [0.717, 1.165) is 13.1 Å². The van der Waals surface area contributed by atoms with Crippen molar-refractivity contribution in [2.45, 2.75) is 13.5 Å². The van der Waals surface area contributed by atoms with Crippen LogP contribution in [-0.4, -0.2) is 18.5 Å². The molecule has 1 rings (SSSR count). The number of likely N-dealkylation sites (N-methyl/N-ethyl adjacent to an activating group) is 1. The van der Waals surface area contributed by atoms with Gasteiger partial charge in [-0.3, -0.25) is 4.90 Å². The van der Waals surface area contributed by atoms with E-state index < -0.39 is 0 Å². The van der Waals surface area contributed by atoms with E-state index in [-0.39, 0.29) is 0 Å². The second-order valence-corrected chi connectivity index (χ2v) is 3.74. The molecule has 0 N–H and O–H groups in total. The van der Waals surface area contributed by atoms with Crippen molar-refractivity contribution in [2.24, 2.45) is 0 Å². The number of hydrogen-bond acceptors (Lipinski definition) is 1. The molecular weight excluding hydrogens is 194 g/mol. The molecule has 0 radical (unpaired) electrons. The first-order chi connectivity index (χ1) is 6.74. The molecule has 0 amide bonds. The van der Waals surface area contributed by atoms with E-state index >= 15 is 0 Å². The molecule has 0 heterocycles. The highest BCUT2D eigenvalue weighted by molar-refractivity contribution is 6.25. The van der Waals surface area contributed by atoms with Gasteiger partial charge >= 0.3 is 0 Å². The van der Waals surface area contributed by atoms with E-state index in [0.29, 0.717) is 0 Å². The molecule has 0 bridgehead atoms. The summed E-state index contributed by atoms with van der Waals surface area (Å²) in [6.45, 7) is 3.99. The maximum absolute atomic E-state index is 5.47. The fourth-order valence-corrected chi connectivity index (χ4v) is 1.44. The minimum Gasteiger partial charge on any atom is -0.298 e. The van der Waals surface area contributed by atoms with Crippen molar-refractivity contribution in [3.8, 4) is 0 Å². The zero-order valence-electron chi connectivity index (χ0n) is 8.70. The topological polar surface area (TPSA) is 3.24 Å². The van der Waals surface area contributed by atoms with Gasteiger partial charge < -0.3 is 0 Å². The Morgan fingerprint density at radius 1 is 1.36 bits per heavy atom. The second-order valence-electron chi connectivity index (χ2n) is 3.48. The van der Waals surface area contributed by atoms with Gasteiger partial charge in [-0.15, -0.1) is 0 Å². The van der Waals surface area contributed by atoms with Gasteiger partial charge in [-0.1, -0.05) is 41.9 Å². The highest BCUT2D eigenvalue weighted by Gasteiger charge is 2.00. The highest BCUT2D eigenvalue weighted by Crippen LogP contribution is 2.09. The Kier molecular flexibility index (Phi) is 4.71. The Hall–Kier alpha value is -0.790. The van der Waals surface area contributed by atoms with E-state index in [1.165, 1.54) is 11.1 Å². The van der Waals surface area contributed by atoms with Gasteiger partial charge in [0.25, 0.3) is 0 Å². The number of benzene rings is 1. The Bertz CT molecular complexity index is 307. The molecule has 1 nitrogen and oxygen atoms in total. The summed E-state index contributed by atoms with van der Waals surface area (Å²) >= 11 is 5.47. The summed E-state index contributed by atoms with van der Waals surface area (Å²) in [7, 11) is 2.09. The first kappa shape index (κ1) is 11.3. The van der Waals surface area contributed by atoms with Crippen LogP contribution in [0.2, 0.25) is 0 Å². The van der Waals surface area contributed by atoms with E-state index in [9.17, 15) is 0 Å². The number of aryl methyl sites for hydroxylation is 1. The van der Waals surface area contributed by atoms with Crippen LogP contribution in [0, 0.1) is 6.92 Å². The van der Waals surface area contributed by atoms with Crippen LogP contribution in [0.25, 0.3) is 0 Å². The Morgan fingerprint density at radius 3 is 2.71 bits per heavy atom. The zero-order valence-corrected chi connectivity index (χ0v) is 9.46. The second kappa shape index (κ2) is 5.84. The molecular formula is C12H16ClN. The molecule has 1 aromatic carbocycles. The summed E-state index contributed by atoms with van der Waals surface area (Å²) in [4.78, 5) is 2.22. The van der Waals surface area contributed by atoms with Crippen molar-refractivity contribution in [1.82, 2.24) is 4.90 Å². The number of nitrogens with zero attached hydrogens (tertiary/aromatic N) is 1. The molecule has 0 aliphatic carbocycles. The fraction of sp³-hybridized carbons (Fsp3) is 0.333. The normalized spacial score (nSPS) is 11.4. The quantitative estimate of drug-likeness (QED) is 0.737. The Morgan fingerprint density at radius 2 is 2.07 bits per heavy atom. The lowest BCUT2D eigenvalue weighted by Gasteiger charge is -2.15. The molecule has 2 heteroatoms. The molecule has 0 fully saturated rings. The smallest absolute Gasteiger partial charge is 0.0236 e. The molecule has 0 aliphatic rings. The largest absolute Gasteiger partial charge is 0.298 e. The van der Waals surface area contributed by atoms with Crippen molar-refractivity contribution in [3.63, 3.8) is 0 Å². The molecule has 0 aliphatic heterocycles. The molecule has 0 saturated heterocycles. The highest BCUT2D eigenvalue weighted by atomic mass is 35.5. The van der Waals surface area contributed by atoms with Crippen molar-refractivity contribution in [3.05, 3.63) is 47.0 Å². The van der Waals surface area contributed by atoms with Crippen LogP contribution < -0.4 is 0 Å². The van der Waals surface area contributed by atoms with E-state index in [1.54, 1.807) is 5.54 Å². The number of hydrogen-bond donors (Lipinski definition) is 0. The van der Waals surface area contributed by atoms with E-state index in [1.807, 2.05) is 6.08 Å². The fourth-order valence-electron chi connectivity index (χ4n) is 1.36. The lowest BCUT2D eigenvalue weighted by Crippen LogP contribution is -2.18. The van der Waals surface area contributed by atoms with Crippen LogP contribution in [-0.2, 0) is 6.54 Å². The summed E-state index contributed by atoms with van der Waals surface area (Å²) in [5, 5.41) is 0.